The normalized spacial score (nSPS) is 10.3. The van der Waals surface area contributed by atoms with Crippen LogP contribution in [0, 0.1) is 0 Å². The van der Waals surface area contributed by atoms with Crippen molar-refractivity contribution in [2.45, 2.75) is 6.42 Å². The van der Waals surface area contributed by atoms with Crippen molar-refractivity contribution >= 4 is 5.91 Å². The molecule has 0 fully saturated rings. The second kappa shape index (κ2) is 6.79. The van der Waals surface area contributed by atoms with Crippen molar-refractivity contribution in [3.8, 4) is 11.5 Å². The van der Waals surface area contributed by atoms with E-state index in [1.54, 1.807) is 14.2 Å². The second-order valence-corrected chi connectivity index (χ2v) is 4.60. The minimum Gasteiger partial charge on any atom is -0.493 e. The summed E-state index contributed by atoms with van der Waals surface area (Å²) in [5.41, 5.74) is 0.567. The number of benzene rings is 1. The third-order valence-electron chi connectivity index (χ3n) is 3.13. The molecule has 22 heavy (non-hydrogen) atoms. The van der Waals surface area contributed by atoms with E-state index in [1.807, 2.05) is 18.2 Å². The van der Waals surface area contributed by atoms with E-state index >= 15 is 0 Å². The minimum atomic E-state index is -0.426. The summed E-state index contributed by atoms with van der Waals surface area (Å²) in [5, 5.41) is 6.48. The first-order chi connectivity index (χ1) is 10.5. The highest BCUT2D eigenvalue weighted by atomic mass is 16.5. The Labute approximate surface area is 127 Å². The van der Waals surface area contributed by atoms with Gasteiger partial charge in [-0.1, -0.05) is 6.07 Å². The van der Waals surface area contributed by atoms with Crippen LogP contribution in [0.2, 0.25) is 0 Å². The molecule has 2 rings (SSSR count). The van der Waals surface area contributed by atoms with E-state index in [-0.39, 0.29) is 5.82 Å². The molecular formula is C14H18N4O4. The number of aromatic amines is 1. The molecule has 1 heterocycles. The van der Waals surface area contributed by atoms with Crippen LogP contribution >= 0.6 is 0 Å². The zero-order valence-electron chi connectivity index (χ0n) is 12.7. The van der Waals surface area contributed by atoms with Gasteiger partial charge in [-0.05, 0) is 24.1 Å². The van der Waals surface area contributed by atoms with Gasteiger partial charge in [0.1, 0.15) is 0 Å². The number of amides is 1. The predicted molar refractivity (Wildman–Crippen MR) is 79.4 cm³/mol. The molecule has 1 aromatic heterocycles. The lowest BCUT2D eigenvalue weighted by atomic mass is 10.1. The molecule has 0 radical (unpaired) electrons. The molecule has 0 atom stereocenters. The van der Waals surface area contributed by atoms with E-state index in [0.29, 0.717) is 24.5 Å². The molecule has 8 heteroatoms. The standard InChI is InChI=1S/C14H18N4O4/c1-18-14(20)16-12(17-18)13(19)15-7-6-9-4-5-10(21-2)11(8-9)22-3/h4-5,8H,6-7H2,1-3H3,(H,15,19)(H,16,17,20). The summed E-state index contributed by atoms with van der Waals surface area (Å²) in [6.07, 6.45) is 0.614. The molecular weight excluding hydrogens is 288 g/mol. The zero-order valence-corrected chi connectivity index (χ0v) is 12.7. The number of carbonyl (C=O) groups is 1. The molecule has 0 bridgehead atoms. The highest BCUT2D eigenvalue weighted by Gasteiger charge is 2.11. The largest absolute Gasteiger partial charge is 0.493 e. The number of carbonyl (C=O) groups excluding carboxylic acids is 1. The van der Waals surface area contributed by atoms with Crippen LogP contribution in [0.1, 0.15) is 16.2 Å². The van der Waals surface area contributed by atoms with Gasteiger partial charge in [-0.25, -0.2) is 9.48 Å². The van der Waals surface area contributed by atoms with Crippen LogP contribution in [-0.4, -0.2) is 41.4 Å². The lowest BCUT2D eigenvalue weighted by molar-refractivity contribution is 0.0943. The van der Waals surface area contributed by atoms with Crippen LogP contribution < -0.4 is 20.5 Å². The second-order valence-electron chi connectivity index (χ2n) is 4.60. The summed E-state index contributed by atoms with van der Waals surface area (Å²) in [4.78, 5) is 25.4. The average molecular weight is 306 g/mol. The Morgan fingerprint density at radius 1 is 1.32 bits per heavy atom. The highest BCUT2D eigenvalue weighted by Crippen LogP contribution is 2.27. The van der Waals surface area contributed by atoms with E-state index in [4.69, 9.17) is 9.47 Å². The van der Waals surface area contributed by atoms with E-state index in [2.05, 4.69) is 15.4 Å². The number of nitrogens with one attached hydrogen (secondary N) is 2. The van der Waals surface area contributed by atoms with Crippen LogP contribution in [0.25, 0.3) is 0 Å². The maximum absolute atomic E-state index is 11.8. The van der Waals surface area contributed by atoms with Gasteiger partial charge < -0.3 is 14.8 Å². The fraction of sp³-hybridized carbons (Fsp3) is 0.357. The topological polar surface area (TPSA) is 98.2 Å². The summed E-state index contributed by atoms with van der Waals surface area (Å²) >= 11 is 0. The number of hydrogen-bond donors (Lipinski definition) is 2. The molecule has 0 saturated heterocycles. The molecule has 8 nitrogen and oxygen atoms in total. The molecule has 118 valence electrons. The maximum atomic E-state index is 11.8. The molecule has 0 spiro atoms. The fourth-order valence-electron chi connectivity index (χ4n) is 1.95. The summed E-state index contributed by atoms with van der Waals surface area (Å²) in [6, 6.07) is 5.57. The summed E-state index contributed by atoms with van der Waals surface area (Å²) in [7, 11) is 4.62. The number of methoxy groups -OCH3 is 2. The molecule has 0 unspecified atom stereocenters. The minimum absolute atomic E-state index is 0.000175. The number of rotatable bonds is 6. The summed E-state index contributed by atoms with van der Waals surface area (Å²) in [6.45, 7) is 0.410. The van der Waals surface area contributed by atoms with Crippen LogP contribution in [0.3, 0.4) is 0 Å². The summed E-state index contributed by atoms with van der Waals surface area (Å²) < 4.78 is 11.5. The molecule has 0 aliphatic rings. The first kappa shape index (κ1) is 15.6. The predicted octanol–water partition coefficient (Wildman–Crippen LogP) is 0.0981. The molecule has 0 saturated carbocycles. The number of hydrogen-bond acceptors (Lipinski definition) is 5. The van der Waals surface area contributed by atoms with Gasteiger partial charge in [0.15, 0.2) is 11.5 Å². The Morgan fingerprint density at radius 3 is 2.64 bits per heavy atom. The van der Waals surface area contributed by atoms with E-state index in [1.165, 1.54) is 7.05 Å². The molecule has 2 aromatic rings. The quantitative estimate of drug-likeness (QED) is 0.788. The Kier molecular flexibility index (Phi) is 4.82. The molecule has 2 N–H and O–H groups in total. The Bertz CT molecular complexity index is 720. The van der Waals surface area contributed by atoms with Gasteiger partial charge in [-0.15, -0.1) is 5.10 Å². The third-order valence-corrected chi connectivity index (χ3v) is 3.13. The van der Waals surface area contributed by atoms with Crippen LogP contribution in [0.4, 0.5) is 0 Å². The van der Waals surface area contributed by atoms with Crippen molar-refractivity contribution in [3.63, 3.8) is 0 Å². The van der Waals surface area contributed by atoms with Crippen molar-refractivity contribution in [3.05, 3.63) is 40.1 Å². The van der Waals surface area contributed by atoms with Crippen LogP contribution in [0.5, 0.6) is 11.5 Å². The van der Waals surface area contributed by atoms with E-state index < -0.39 is 11.6 Å². The fourth-order valence-corrected chi connectivity index (χ4v) is 1.95. The average Bonchev–Trinajstić information content (AvgIpc) is 2.86. The first-order valence-corrected chi connectivity index (χ1v) is 6.67. The van der Waals surface area contributed by atoms with Gasteiger partial charge in [0.25, 0.3) is 5.91 Å². The molecule has 0 aliphatic carbocycles. The van der Waals surface area contributed by atoms with E-state index in [9.17, 15) is 9.59 Å². The van der Waals surface area contributed by atoms with E-state index in [0.717, 1.165) is 10.2 Å². The summed E-state index contributed by atoms with van der Waals surface area (Å²) in [5.74, 6) is 0.875. The number of aromatic nitrogens is 3. The first-order valence-electron chi connectivity index (χ1n) is 6.67. The van der Waals surface area contributed by atoms with Crippen molar-refractivity contribution in [1.82, 2.24) is 20.1 Å². The Morgan fingerprint density at radius 2 is 2.05 bits per heavy atom. The molecule has 1 aromatic carbocycles. The lowest BCUT2D eigenvalue weighted by Gasteiger charge is -2.09. The van der Waals surface area contributed by atoms with Crippen molar-refractivity contribution in [2.75, 3.05) is 20.8 Å². The Balaban J connectivity index is 1.93. The highest BCUT2D eigenvalue weighted by molar-refractivity contribution is 5.90. The van der Waals surface area contributed by atoms with Crippen molar-refractivity contribution < 1.29 is 14.3 Å². The Hall–Kier alpha value is -2.77. The number of ether oxygens (including phenoxy) is 2. The third kappa shape index (κ3) is 3.46. The van der Waals surface area contributed by atoms with Crippen molar-refractivity contribution in [2.24, 2.45) is 7.05 Å². The van der Waals surface area contributed by atoms with Gasteiger partial charge in [0, 0.05) is 13.6 Å². The van der Waals surface area contributed by atoms with Crippen LogP contribution in [-0.2, 0) is 13.5 Å². The molecule has 0 aliphatic heterocycles. The van der Waals surface area contributed by atoms with Crippen molar-refractivity contribution in [1.29, 1.82) is 0 Å². The maximum Gasteiger partial charge on any atom is 0.343 e. The smallest absolute Gasteiger partial charge is 0.343 e. The van der Waals surface area contributed by atoms with Gasteiger partial charge in [-0.3, -0.25) is 9.78 Å². The van der Waals surface area contributed by atoms with Gasteiger partial charge in [0.2, 0.25) is 5.82 Å². The van der Waals surface area contributed by atoms with Crippen LogP contribution in [0.15, 0.2) is 23.0 Å². The number of nitrogens with zero attached hydrogens (tertiary/aromatic N) is 2. The lowest BCUT2D eigenvalue weighted by Crippen LogP contribution is -2.27. The monoisotopic (exact) mass is 306 g/mol. The van der Waals surface area contributed by atoms with Gasteiger partial charge in [-0.2, -0.15) is 0 Å². The zero-order chi connectivity index (χ0) is 16.1. The molecule has 1 amide bonds. The number of H-pyrrole nitrogens is 1. The number of aryl methyl sites for hydroxylation is 1. The van der Waals surface area contributed by atoms with Gasteiger partial charge in [0.05, 0.1) is 14.2 Å². The SMILES string of the molecule is COc1ccc(CCNC(=O)c2nn(C)c(=O)[nH]2)cc1OC. The van der Waals surface area contributed by atoms with Gasteiger partial charge >= 0.3 is 5.69 Å².